The predicted molar refractivity (Wildman–Crippen MR) is 122 cm³/mol. The van der Waals surface area contributed by atoms with Gasteiger partial charge >= 0.3 is 0 Å². The zero-order valence-corrected chi connectivity index (χ0v) is 19.2. The van der Waals surface area contributed by atoms with Gasteiger partial charge in [-0.05, 0) is 26.1 Å². The Morgan fingerprint density at radius 1 is 1.07 bits per heavy atom. The molecular formula is C21H30ClN5OS. The summed E-state index contributed by atoms with van der Waals surface area (Å²) in [5.41, 5.74) is 1.12. The fraction of sp³-hybridized carbons (Fsp3) is 0.476. The van der Waals surface area contributed by atoms with Crippen molar-refractivity contribution in [3.8, 4) is 0 Å². The van der Waals surface area contributed by atoms with Crippen LogP contribution in [0.1, 0.15) is 18.9 Å². The Labute approximate surface area is 183 Å². The molecular weight excluding hydrogens is 406 g/mol. The van der Waals surface area contributed by atoms with Crippen molar-refractivity contribution < 1.29 is 4.79 Å². The van der Waals surface area contributed by atoms with Gasteiger partial charge in [-0.25, -0.2) is 9.97 Å². The van der Waals surface area contributed by atoms with E-state index in [1.54, 1.807) is 6.07 Å². The van der Waals surface area contributed by atoms with E-state index in [4.69, 9.17) is 11.6 Å². The number of thioether (sulfide) groups is 1. The molecule has 158 valence electrons. The van der Waals surface area contributed by atoms with Crippen LogP contribution in [0, 0.1) is 0 Å². The molecule has 29 heavy (non-hydrogen) atoms. The first kappa shape index (κ1) is 23.4. The maximum Gasteiger partial charge on any atom is 0.233 e. The van der Waals surface area contributed by atoms with Crippen LogP contribution < -0.4 is 4.90 Å². The van der Waals surface area contributed by atoms with Gasteiger partial charge < -0.3 is 14.7 Å². The Bertz CT molecular complexity index is 775. The van der Waals surface area contributed by atoms with Crippen LogP contribution in [0.4, 0.5) is 5.82 Å². The summed E-state index contributed by atoms with van der Waals surface area (Å²) >= 11 is 7.50. The van der Waals surface area contributed by atoms with E-state index < -0.39 is 0 Å². The smallest absolute Gasteiger partial charge is 0.233 e. The number of rotatable bonds is 11. The van der Waals surface area contributed by atoms with E-state index in [0.29, 0.717) is 23.4 Å². The number of likely N-dealkylation sites (N-methyl/N-ethyl adjacent to an activating group) is 1. The first-order valence-electron chi connectivity index (χ1n) is 9.74. The average molecular weight is 436 g/mol. The van der Waals surface area contributed by atoms with Crippen molar-refractivity contribution in [3.05, 3.63) is 47.1 Å². The Hall–Kier alpha value is -1.83. The maximum atomic E-state index is 12.9. The summed E-state index contributed by atoms with van der Waals surface area (Å²) in [5.74, 6) is 1.11. The fourth-order valence-corrected chi connectivity index (χ4v) is 3.71. The van der Waals surface area contributed by atoms with Crippen molar-refractivity contribution in [2.24, 2.45) is 0 Å². The lowest BCUT2D eigenvalue weighted by Gasteiger charge is -2.24. The summed E-state index contributed by atoms with van der Waals surface area (Å²) in [5, 5.41) is 0.915. The molecule has 0 fully saturated rings. The number of halogens is 1. The van der Waals surface area contributed by atoms with Gasteiger partial charge in [0.2, 0.25) is 5.91 Å². The molecule has 0 saturated heterocycles. The van der Waals surface area contributed by atoms with E-state index >= 15 is 0 Å². The average Bonchev–Trinajstić information content (AvgIpc) is 2.69. The molecule has 1 heterocycles. The molecule has 0 saturated carbocycles. The molecule has 0 aliphatic carbocycles. The van der Waals surface area contributed by atoms with Crippen molar-refractivity contribution in [1.82, 2.24) is 19.8 Å². The van der Waals surface area contributed by atoms with Gasteiger partial charge in [0.05, 0.1) is 5.75 Å². The number of nitrogens with zero attached hydrogens (tertiary/aromatic N) is 5. The molecule has 6 nitrogen and oxygen atoms in total. The van der Waals surface area contributed by atoms with Crippen molar-refractivity contribution in [3.63, 3.8) is 0 Å². The molecule has 0 radical (unpaired) electrons. The predicted octanol–water partition coefficient (Wildman–Crippen LogP) is 3.66. The van der Waals surface area contributed by atoms with Gasteiger partial charge in [0.1, 0.15) is 11.0 Å². The normalized spacial score (nSPS) is 11.0. The van der Waals surface area contributed by atoms with Crippen molar-refractivity contribution >= 4 is 35.1 Å². The molecule has 2 rings (SSSR count). The lowest BCUT2D eigenvalue weighted by molar-refractivity contribution is -0.129. The first-order valence-corrected chi connectivity index (χ1v) is 11.1. The highest BCUT2D eigenvalue weighted by Crippen LogP contribution is 2.22. The zero-order valence-electron chi connectivity index (χ0n) is 17.6. The van der Waals surface area contributed by atoms with Crippen LogP contribution in [0.3, 0.4) is 0 Å². The SMILES string of the molecule is CCCN(C)c1cc(Cl)nc(SCC(=O)N(CCN(C)C)Cc2ccccc2)n1. The van der Waals surface area contributed by atoms with Crippen LogP contribution in [-0.4, -0.2) is 72.2 Å². The number of aromatic nitrogens is 2. The highest BCUT2D eigenvalue weighted by Gasteiger charge is 2.16. The Balaban J connectivity index is 2.04. The minimum atomic E-state index is 0.0627. The molecule has 0 atom stereocenters. The summed E-state index contributed by atoms with van der Waals surface area (Å²) in [4.78, 5) is 27.8. The molecule has 0 unspecified atom stereocenters. The molecule has 0 N–H and O–H groups in total. The summed E-state index contributed by atoms with van der Waals surface area (Å²) in [7, 11) is 5.99. The van der Waals surface area contributed by atoms with Gasteiger partial charge in [0, 0.05) is 39.3 Å². The van der Waals surface area contributed by atoms with E-state index in [2.05, 4.69) is 21.8 Å². The molecule has 0 aliphatic heterocycles. The summed E-state index contributed by atoms with van der Waals surface area (Å²) in [6.07, 6.45) is 1.01. The van der Waals surface area contributed by atoms with Gasteiger partial charge in [-0.15, -0.1) is 0 Å². The summed E-state index contributed by atoms with van der Waals surface area (Å²) in [6.45, 7) is 5.06. The van der Waals surface area contributed by atoms with Gasteiger partial charge in [0.25, 0.3) is 0 Å². The fourth-order valence-electron chi connectivity index (χ4n) is 2.73. The third-order valence-corrected chi connectivity index (χ3v) is 5.35. The topological polar surface area (TPSA) is 52.6 Å². The molecule has 8 heteroatoms. The van der Waals surface area contributed by atoms with Gasteiger partial charge in [-0.1, -0.05) is 60.6 Å². The molecule has 1 aromatic heterocycles. The van der Waals surface area contributed by atoms with E-state index in [1.807, 2.05) is 61.3 Å². The second kappa shape index (κ2) is 12.0. The zero-order chi connectivity index (χ0) is 21.2. The van der Waals surface area contributed by atoms with Crippen molar-refractivity contribution in [2.75, 3.05) is 51.4 Å². The van der Waals surface area contributed by atoms with E-state index in [-0.39, 0.29) is 11.7 Å². The monoisotopic (exact) mass is 435 g/mol. The van der Waals surface area contributed by atoms with E-state index in [0.717, 1.165) is 30.9 Å². The number of anilines is 1. The van der Waals surface area contributed by atoms with Crippen molar-refractivity contribution in [1.29, 1.82) is 0 Å². The van der Waals surface area contributed by atoms with Crippen LogP contribution in [0.15, 0.2) is 41.6 Å². The maximum absolute atomic E-state index is 12.9. The lowest BCUT2D eigenvalue weighted by Crippen LogP contribution is -2.37. The van der Waals surface area contributed by atoms with Crippen LogP contribution >= 0.6 is 23.4 Å². The van der Waals surface area contributed by atoms with Crippen LogP contribution in [0.25, 0.3) is 0 Å². The quantitative estimate of drug-likeness (QED) is 0.305. The number of hydrogen-bond acceptors (Lipinski definition) is 6. The minimum Gasteiger partial charge on any atom is -0.360 e. The van der Waals surface area contributed by atoms with Crippen LogP contribution in [0.2, 0.25) is 5.15 Å². The number of benzene rings is 1. The van der Waals surface area contributed by atoms with E-state index in [1.165, 1.54) is 11.8 Å². The van der Waals surface area contributed by atoms with E-state index in [9.17, 15) is 4.79 Å². The Morgan fingerprint density at radius 2 is 1.79 bits per heavy atom. The number of amides is 1. The second-order valence-electron chi connectivity index (χ2n) is 7.15. The lowest BCUT2D eigenvalue weighted by atomic mass is 10.2. The van der Waals surface area contributed by atoms with Crippen LogP contribution in [-0.2, 0) is 11.3 Å². The number of carbonyl (C=O) groups excluding carboxylic acids is 1. The van der Waals surface area contributed by atoms with Gasteiger partial charge in [-0.3, -0.25) is 4.79 Å². The molecule has 2 aromatic rings. The summed E-state index contributed by atoms with van der Waals surface area (Å²) < 4.78 is 0. The standard InChI is InChI=1S/C21H30ClN5OS/c1-5-11-26(4)19-14-18(22)23-21(24-19)29-16-20(28)27(13-12-25(2)3)15-17-9-7-6-8-10-17/h6-10,14H,5,11-13,15-16H2,1-4H3. The van der Waals surface area contributed by atoms with Crippen LogP contribution in [0.5, 0.6) is 0 Å². The Kier molecular flexibility index (Phi) is 9.70. The number of carbonyl (C=O) groups is 1. The highest BCUT2D eigenvalue weighted by atomic mass is 35.5. The first-order chi connectivity index (χ1) is 13.9. The minimum absolute atomic E-state index is 0.0627. The molecule has 0 aliphatic rings. The highest BCUT2D eigenvalue weighted by molar-refractivity contribution is 7.99. The number of hydrogen-bond donors (Lipinski definition) is 0. The Morgan fingerprint density at radius 3 is 2.45 bits per heavy atom. The third kappa shape index (κ3) is 8.20. The molecule has 1 amide bonds. The van der Waals surface area contributed by atoms with Crippen molar-refractivity contribution in [2.45, 2.75) is 25.0 Å². The third-order valence-electron chi connectivity index (χ3n) is 4.32. The second-order valence-corrected chi connectivity index (χ2v) is 8.48. The summed E-state index contributed by atoms with van der Waals surface area (Å²) in [6, 6.07) is 11.8. The largest absolute Gasteiger partial charge is 0.360 e. The molecule has 0 spiro atoms. The van der Waals surface area contributed by atoms with Gasteiger partial charge in [-0.2, -0.15) is 0 Å². The molecule has 0 bridgehead atoms. The molecule has 1 aromatic carbocycles. The van der Waals surface area contributed by atoms with Gasteiger partial charge in [0.15, 0.2) is 5.16 Å².